The highest BCUT2D eigenvalue weighted by Gasteiger charge is 2.15. The molecule has 1 aliphatic rings. The number of amides is 1. The van der Waals surface area contributed by atoms with Gasteiger partial charge in [-0.15, -0.1) is 0 Å². The second-order valence-corrected chi connectivity index (χ2v) is 8.57. The molecule has 1 aliphatic heterocycles. The minimum Gasteiger partial charge on any atom is -0.340 e. The number of carbonyl (C=O) groups excluding carboxylic acids is 1. The van der Waals surface area contributed by atoms with Crippen molar-refractivity contribution >= 4 is 40.2 Å². The van der Waals surface area contributed by atoms with Crippen molar-refractivity contribution in [3.8, 4) is 11.4 Å². The second kappa shape index (κ2) is 9.41. The standard InChI is InChI=1S/C27H26N6O/c1-33(2)14-13-25(34)30-23-9-5-3-7-21(23)27-31-24-10-6-4-8-22(24)26(32-27)29-20-12-11-18-16-28-17-19(18)15-20/h3-12,15,17H,13-14,16H2,1-2H3,(H,30,34)(H,29,31,32). The molecule has 2 heterocycles. The molecule has 34 heavy (non-hydrogen) atoms. The maximum atomic E-state index is 12.5. The van der Waals surface area contributed by atoms with Crippen LogP contribution in [0.5, 0.6) is 0 Å². The highest BCUT2D eigenvalue weighted by molar-refractivity contribution is 5.97. The maximum Gasteiger partial charge on any atom is 0.225 e. The average molecular weight is 451 g/mol. The van der Waals surface area contributed by atoms with Gasteiger partial charge in [0.15, 0.2) is 5.82 Å². The molecule has 0 aliphatic carbocycles. The first-order chi connectivity index (χ1) is 16.6. The Kier molecular flexibility index (Phi) is 6.01. The zero-order chi connectivity index (χ0) is 23.5. The van der Waals surface area contributed by atoms with Crippen LogP contribution in [0.3, 0.4) is 0 Å². The van der Waals surface area contributed by atoms with Gasteiger partial charge >= 0.3 is 0 Å². The van der Waals surface area contributed by atoms with Crippen LogP contribution in [0.15, 0.2) is 71.7 Å². The van der Waals surface area contributed by atoms with Crippen molar-refractivity contribution in [3.05, 3.63) is 77.9 Å². The maximum absolute atomic E-state index is 12.5. The predicted octanol–water partition coefficient (Wildman–Crippen LogP) is 4.86. The largest absolute Gasteiger partial charge is 0.340 e. The minimum absolute atomic E-state index is 0.0416. The Bertz CT molecular complexity index is 1400. The topological polar surface area (TPSA) is 82.5 Å². The summed E-state index contributed by atoms with van der Waals surface area (Å²) in [5.41, 5.74) is 5.57. The van der Waals surface area contributed by atoms with Crippen molar-refractivity contribution < 1.29 is 4.79 Å². The lowest BCUT2D eigenvalue weighted by molar-refractivity contribution is -0.116. The third kappa shape index (κ3) is 4.65. The molecule has 0 saturated heterocycles. The van der Waals surface area contributed by atoms with Gasteiger partial charge in [0.05, 0.1) is 17.7 Å². The zero-order valence-corrected chi connectivity index (χ0v) is 19.2. The molecule has 5 rings (SSSR count). The fourth-order valence-corrected chi connectivity index (χ4v) is 3.93. The summed E-state index contributed by atoms with van der Waals surface area (Å²) >= 11 is 0. The summed E-state index contributed by atoms with van der Waals surface area (Å²) < 4.78 is 0. The first-order valence-electron chi connectivity index (χ1n) is 11.3. The number of hydrogen-bond acceptors (Lipinski definition) is 6. The summed E-state index contributed by atoms with van der Waals surface area (Å²) in [6.45, 7) is 1.41. The van der Waals surface area contributed by atoms with Gasteiger partial charge in [-0.25, -0.2) is 9.97 Å². The molecule has 170 valence electrons. The Morgan fingerprint density at radius 2 is 1.82 bits per heavy atom. The molecule has 0 spiro atoms. The Balaban J connectivity index is 1.52. The number of carbonyl (C=O) groups is 1. The number of aliphatic imine (C=N–C) groups is 1. The molecule has 0 unspecified atom stereocenters. The van der Waals surface area contributed by atoms with E-state index in [1.165, 1.54) is 5.56 Å². The summed E-state index contributed by atoms with van der Waals surface area (Å²) in [4.78, 5) is 28.5. The number of benzene rings is 3. The Labute approximate surface area is 198 Å². The SMILES string of the molecule is CN(C)CCC(=O)Nc1ccccc1-c1nc(Nc2ccc3c(c2)C=NC3)c2ccccc2n1. The predicted molar refractivity (Wildman–Crippen MR) is 138 cm³/mol. The van der Waals surface area contributed by atoms with E-state index in [2.05, 4.69) is 27.8 Å². The Morgan fingerprint density at radius 3 is 2.71 bits per heavy atom. The number of aromatic nitrogens is 2. The molecule has 3 aromatic carbocycles. The van der Waals surface area contributed by atoms with Crippen molar-refractivity contribution in [3.63, 3.8) is 0 Å². The number of nitrogens with zero attached hydrogens (tertiary/aromatic N) is 4. The van der Waals surface area contributed by atoms with Gasteiger partial charge in [-0.2, -0.15) is 0 Å². The number of fused-ring (bicyclic) bond motifs is 2. The van der Waals surface area contributed by atoms with Crippen LogP contribution in [0.1, 0.15) is 17.5 Å². The molecule has 4 aromatic rings. The van der Waals surface area contributed by atoms with Crippen LogP contribution < -0.4 is 10.6 Å². The van der Waals surface area contributed by atoms with Crippen LogP contribution in [0.2, 0.25) is 0 Å². The smallest absolute Gasteiger partial charge is 0.225 e. The van der Waals surface area contributed by atoms with E-state index in [9.17, 15) is 4.79 Å². The molecule has 0 fully saturated rings. The lowest BCUT2D eigenvalue weighted by Crippen LogP contribution is -2.21. The average Bonchev–Trinajstić information content (AvgIpc) is 3.31. The fourth-order valence-electron chi connectivity index (χ4n) is 3.93. The summed E-state index contributed by atoms with van der Waals surface area (Å²) in [6.07, 6.45) is 2.31. The van der Waals surface area contributed by atoms with Gasteiger partial charge in [0.25, 0.3) is 0 Å². The Morgan fingerprint density at radius 1 is 1.00 bits per heavy atom. The third-order valence-corrected chi connectivity index (χ3v) is 5.73. The first kappa shape index (κ1) is 21.7. The van der Waals surface area contributed by atoms with E-state index in [4.69, 9.17) is 9.97 Å². The quantitative estimate of drug-likeness (QED) is 0.420. The molecule has 0 radical (unpaired) electrons. The summed E-state index contributed by atoms with van der Waals surface area (Å²) in [5, 5.41) is 7.43. The van der Waals surface area contributed by atoms with Crippen molar-refractivity contribution in [1.82, 2.24) is 14.9 Å². The van der Waals surface area contributed by atoms with Crippen molar-refractivity contribution in [2.24, 2.45) is 4.99 Å². The van der Waals surface area contributed by atoms with Gasteiger partial charge in [0.2, 0.25) is 5.91 Å². The number of nitrogens with one attached hydrogen (secondary N) is 2. The normalized spacial score (nSPS) is 12.2. The van der Waals surface area contributed by atoms with E-state index in [0.29, 0.717) is 30.3 Å². The summed E-state index contributed by atoms with van der Waals surface area (Å²) in [6, 6.07) is 21.8. The molecule has 0 bridgehead atoms. The van der Waals surface area contributed by atoms with E-state index >= 15 is 0 Å². The molecule has 7 nitrogen and oxygen atoms in total. The van der Waals surface area contributed by atoms with Crippen molar-refractivity contribution in [2.75, 3.05) is 31.3 Å². The highest BCUT2D eigenvalue weighted by atomic mass is 16.1. The van der Waals surface area contributed by atoms with Gasteiger partial charge in [-0.3, -0.25) is 9.79 Å². The second-order valence-electron chi connectivity index (χ2n) is 8.57. The molecule has 1 aromatic heterocycles. The molecule has 1 amide bonds. The number of rotatable bonds is 7. The van der Waals surface area contributed by atoms with E-state index in [0.717, 1.165) is 34.3 Å². The van der Waals surface area contributed by atoms with Gasteiger partial charge in [0.1, 0.15) is 5.82 Å². The van der Waals surface area contributed by atoms with Crippen LogP contribution in [0.4, 0.5) is 17.2 Å². The first-order valence-corrected chi connectivity index (χ1v) is 11.3. The fraction of sp³-hybridized carbons (Fsp3) is 0.185. The lowest BCUT2D eigenvalue weighted by Gasteiger charge is -2.15. The molecular formula is C27H26N6O. The monoisotopic (exact) mass is 450 g/mol. The number of hydrogen-bond donors (Lipinski definition) is 2. The molecule has 7 heteroatoms. The molecular weight excluding hydrogens is 424 g/mol. The van der Waals surface area contributed by atoms with Crippen LogP contribution in [-0.4, -0.2) is 47.6 Å². The van der Waals surface area contributed by atoms with Gasteiger partial charge < -0.3 is 15.5 Å². The van der Waals surface area contributed by atoms with Crippen LogP contribution in [0, 0.1) is 0 Å². The van der Waals surface area contributed by atoms with Gasteiger partial charge in [-0.1, -0.05) is 30.3 Å². The molecule has 0 saturated carbocycles. The lowest BCUT2D eigenvalue weighted by atomic mass is 10.1. The van der Waals surface area contributed by atoms with Gasteiger partial charge in [0, 0.05) is 35.8 Å². The van der Waals surface area contributed by atoms with Crippen LogP contribution in [0.25, 0.3) is 22.3 Å². The van der Waals surface area contributed by atoms with Crippen molar-refractivity contribution in [1.29, 1.82) is 0 Å². The van der Waals surface area contributed by atoms with E-state index in [1.54, 1.807) is 0 Å². The zero-order valence-electron chi connectivity index (χ0n) is 19.2. The Hall–Kier alpha value is -4.10. The summed E-state index contributed by atoms with van der Waals surface area (Å²) in [5.74, 6) is 1.22. The molecule has 0 atom stereocenters. The van der Waals surface area contributed by atoms with Gasteiger partial charge in [-0.05, 0) is 61.6 Å². The number of para-hydroxylation sites is 2. The van der Waals surface area contributed by atoms with Crippen LogP contribution in [-0.2, 0) is 11.3 Å². The minimum atomic E-state index is -0.0416. The highest BCUT2D eigenvalue weighted by Crippen LogP contribution is 2.31. The van der Waals surface area contributed by atoms with Crippen LogP contribution >= 0.6 is 0 Å². The van der Waals surface area contributed by atoms with E-state index in [1.807, 2.05) is 79.8 Å². The van der Waals surface area contributed by atoms with Crippen molar-refractivity contribution in [2.45, 2.75) is 13.0 Å². The van der Waals surface area contributed by atoms with E-state index in [-0.39, 0.29) is 5.91 Å². The van der Waals surface area contributed by atoms with E-state index < -0.39 is 0 Å². The number of anilines is 3. The third-order valence-electron chi connectivity index (χ3n) is 5.73. The summed E-state index contributed by atoms with van der Waals surface area (Å²) in [7, 11) is 3.90. The molecule has 2 N–H and O–H groups in total.